The number of anilines is 1. The summed E-state index contributed by atoms with van der Waals surface area (Å²) in [6.07, 6.45) is 0. The van der Waals surface area contributed by atoms with Crippen molar-refractivity contribution in [1.29, 1.82) is 0 Å². The molecule has 0 saturated heterocycles. The van der Waals surface area contributed by atoms with Crippen LogP contribution in [0.5, 0.6) is 0 Å². The molecule has 0 fully saturated rings. The van der Waals surface area contributed by atoms with Gasteiger partial charge in [0, 0.05) is 0 Å². The normalized spacial score (nSPS) is 11.4. The van der Waals surface area contributed by atoms with Gasteiger partial charge in [0.05, 0.1) is 10.2 Å². The molecule has 0 bridgehead atoms. The van der Waals surface area contributed by atoms with E-state index in [0.29, 0.717) is 5.58 Å². The van der Waals surface area contributed by atoms with Gasteiger partial charge in [0.15, 0.2) is 5.58 Å². The predicted octanol–water partition coefficient (Wildman–Crippen LogP) is 2.02. The second-order valence-electron chi connectivity index (χ2n) is 2.67. The zero-order valence-corrected chi connectivity index (χ0v) is 7.34. The monoisotopic (exact) mass is 191 g/mol. The van der Waals surface area contributed by atoms with Gasteiger partial charge in [-0.3, -0.25) is 0 Å². The smallest absolute Gasteiger partial charge is 0.293 e. The standard InChI is InChI=1S/C8H5N3OS/c9-8-11-4-1-2-5-6(7(4)12-8)10-3-13-5/h1-3H,(H2,9,11). The lowest BCUT2D eigenvalue weighted by Crippen LogP contribution is -1.80. The first-order valence-electron chi connectivity index (χ1n) is 3.73. The van der Waals surface area contributed by atoms with Crippen LogP contribution in [0.25, 0.3) is 21.3 Å². The van der Waals surface area contributed by atoms with Crippen molar-refractivity contribution < 1.29 is 4.42 Å². The van der Waals surface area contributed by atoms with E-state index in [0.717, 1.165) is 15.7 Å². The van der Waals surface area contributed by atoms with Crippen LogP contribution in [-0.4, -0.2) is 9.97 Å². The van der Waals surface area contributed by atoms with Gasteiger partial charge in [-0.2, -0.15) is 4.98 Å². The molecule has 0 aliphatic heterocycles. The van der Waals surface area contributed by atoms with Crippen LogP contribution in [0.4, 0.5) is 6.01 Å². The second kappa shape index (κ2) is 2.20. The van der Waals surface area contributed by atoms with Gasteiger partial charge in [-0.15, -0.1) is 11.3 Å². The summed E-state index contributed by atoms with van der Waals surface area (Å²) >= 11 is 1.57. The summed E-state index contributed by atoms with van der Waals surface area (Å²) in [7, 11) is 0. The van der Waals surface area contributed by atoms with Gasteiger partial charge in [-0.05, 0) is 12.1 Å². The maximum absolute atomic E-state index is 5.45. The van der Waals surface area contributed by atoms with Crippen molar-refractivity contribution in [2.24, 2.45) is 0 Å². The Morgan fingerprint density at radius 1 is 1.38 bits per heavy atom. The second-order valence-corrected chi connectivity index (χ2v) is 3.55. The molecule has 0 spiro atoms. The fourth-order valence-corrected chi connectivity index (χ4v) is 2.01. The van der Waals surface area contributed by atoms with E-state index in [4.69, 9.17) is 10.2 Å². The average molecular weight is 191 g/mol. The van der Waals surface area contributed by atoms with Crippen LogP contribution in [0.2, 0.25) is 0 Å². The molecule has 1 aromatic carbocycles. The van der Waals surface area contributed by atoms with E-state index in [1.165, 1.54) is 0 Å². The van der Waals surface area contributed by atoms with Gasteiger partial charge >= 0.3 is 0 Å². The summed E-state index contributed by atoms with van der Waals surface area (Å²) < 4.78 is 6.34. The lowest BCUT2D eigenvalue weighted by atomic mass is 10.3. The predicted molar refractivity (Wildman–Crippen MR) is 51.6 cm³/mol. The minimum absolute atomic E-state index is 0.190. The van der Waals surface area contributed by atoms with Crippen molar-refractivity contribution >= 4 is 38.7 Å². The highest BCUT2D eigenvalue weighted by Gasteiger charge is 2.08. The van der Waals surface area contributed by atoms with Crippen molar-refractivity contribution in [2.45, 2.75) is 0 Å². The van der Waals surface area contributed by atoms with Crippen molar-refractivity contribution in [2.75, 3.05) is 5.73 Å². The third kappa shape index (κ3) is 0.844. The number of nitrogens with zero attached hydrogens (tertiary/aromatic N) is 2. The molecule has 4 nitrogen and oxygen atoms in total. The van der Waals surface area contributed by atoms with E-state index < -0.39 is 0 Å². The quantitative estimate of drug-likeness (QED) is 0.590. The van der Waals surface area contributed by atoms with E-state index in [-0.39, 0.29) is 6.01 Å². The molecular weight excluding hydrogens is 186 g/mol. The number of hydrogen-bond donors (Lipinski definition) is 1. The SMILES string of the molecule is Nc1nc2ccc3scnc3c2o1. The van der Waals surface area contributed by atoms with Gasteiger partial charge in [-0.25, -0.2) is 4.98 Å². The van der Waals surface area contributed by atoms with Crippen LogP contribution in [0.1, 0.15) is 0 Å². The highest BCUT2D eigenvalue weighted by atomic mass is 32.1. The number of rotatable bonds is 0. The van der Waals surface area contributed by atoms with Gasteiger partial charge < -0.3 is 10.2 Å². The Bertz CT molecular complexity index is 583. The average Bonchev–Trinajstić information content (AvgIpc) is 2.65. The van der Waals surface area contributed by atoms with Crippen molar-refractivity contribution in [3.05, 3.63) is 17.6 Å². The minimum atomic E-state index is 0.190. The first-order chi connectivity index (χ1) is 6.34. The van der Waals surface area contributed by atoms with Crippen molar-refractivity contribution in [3.8, 4) is 0 Å². The Hall–Kier alpha value is -1.62. The maximum Gasteiger partial charge on any atom is 0.293 e. The Labute approximate surface area is 77.0 Å². The van der Waals surface area contributed by atoms with Crippen LogP contribution >= 0.6 is 11.3 Å². The molecule has 0 aliphatic carbocycles. The molecule has 0 saturated carbocycles. The fourth-order valence-electron chi connectivity index (χ4n) is 1.33. The molecule has 2 heterocycles. The van der Waals surface area contributed by atoms with Crippen LogP contribution in [0, 0.1) is 0 Å². The molecule has 3 rings (SSSR count). The van der Waals surface area contributed by atoms with E-state index >= 15 is 0 Å². The van der Waals surface area contributed by atoms with E-state index in [1.54, 1.807) is 16.8 Å². The first kappa shape index (κ1) is 6.85. The van der Waals surface area contributed by atoms with Gasteiger partial charge in [0.25, 0.3) is 6.01 Å². The first-order valence-corrected chi connectivity index (χ1v) is 4.61. The molecule has 0 radical (unpaired) electrons. The summed E-state index contributed by atoms with van der Waals surface area (Å²) in [6.45, 7) is 0. The molecule has 0 aliphatic rings. The Kier molecular flexibility index (Phi) is 1.16. The van der Waals surface area contributed by atoms with Crippen LogP contribution in [0.15, 0.2) is 22.1 Å². The third-order valence-corrected chi connectivity index (χ3v) is 2.67. The van der Waals surface area contributed by atoms with E-state index in [9.17, 15) is 0 Å². The Morgan fingerprint density at radius 2 is 2.31 bits per heavy atom. The molecule has 13 heavy (non-hydrogen) atoms. The largest absolute Gasteiger partial charge is 0.421 e. The summed E-state index contributed by atoms with van der Waals surface area (Å²) in [5, 5.41) is 0. The van der Waals surface area contributed by atoms with Gasteiger partial charge in [0.1, 0.15) is 11.0 Å². The highest BCUT2D eigenvalue weighted by molar-refractivity contribution is 7.16. The van der Waals surface area contributed by atoms with E-state index in [2.05, 4.69) is 9.97 Å². The number of benzene rings is 1. The summed E-state index contributed by atoms with van der Waals surface area (Å²) in [5.41, 5.74) is 9.51. The molecular formula is C8H5N3OS. The molecule has 64 valence electrons. The minimum Gasteiger partial charge on any atom is -0.421 e. The zero-order valence-electron chi connectivity index (χ0n) is 6.52. The fraction of sp³-hybridized carbons (Fsp3) is 0. The maximum atomic E-state index is 5.45. The summed E-state index contributed by atoms with van der Waals surface area (Å²) in [6, 6.07) is 4.04. The van der Waals surface area contributed by atoms with Crippen LogP contribution in [0.3, 0.4) is 0 Å². The lowest BCUT2D eigenvalue weighted by Gasteiger charge is -1.86. The molecule has 0 atom stereocenters. The summed E-state index contributed by atoms with van der Waals surface area (Å²) in [5.74, 6) is 0. The topological polar surface area (TPSA) is 64.9 Å². The van der Waals surface area contributed by atoms with Crippen molar-refractivity contribution in [3.63, 3.8) is 0 Å². The molecule has 2 aromatic heterocycles. The van der Waals surface area contributed by atoms with Crippen LogP contribution < -0.4 is 5.73 Å². The zero-order chi connectivity index (χ0) is 8.84. The highest BCUT2D eigenvalue weighted by Crippen LogP contribution is 2.27. The van der Waals surface area contributed by atoms with Crippen molar-refractivity contribution in [1.82, 2.24) is 9.97 Å². The number of nitrogens with two attached hydrogens (primary N) is 1. The van der Waals surface area contributed by atoms with E-state index in [1.807, 2.05) is 12.1 Å². The molecule has 5 heteroatoms. The Balaban J connectivity index is 2.64. The summed E-state index contributed by atoms with van der Waals surface area (Å²) in [4.78, 5) is 8.21. The number of thiazole rings is 1. The molecule has 2 N–H and O–H groups in total. The van der Waals surface area contributed by atoms with Gasteiger partial charge in [-0.1, -0.05) is 0 Å². The number of nitrogen functional groups attached to an aromatic ring is 1. The Morgan fingerprint density at radius 3 is 3.23 bits per heavy atom. The number of fused-ring (bicyclic) bond motifs is 3. The van der Waals surface area contributed by atoms with Gasteiger partial charge in [0.2, 0.25) is 0 Å². The molecule has 0 amide bonds. The third-order valence-electron chi connectivity index (χ3n) is 1.87. The van der Waals surface area contributed by atoms with Crippen LogP contribution in [-0.2, 0) is 0 Å². The number of aromatic nitrogens is 2. The number of oxazole rings is 1. The molecule has 0 unspecified atom stereocenters. The lowest BCUT2D eigenvalue weighted by molar-refractivity contribution is 0.629. The number of hydrogen-bond acceptors (Lipinski definition) is 5. The molecule has 3 aromatic rings.